The Hall–Kier alpha value is -1.75. The molecule has 1 aromatic carbocycles. The van der Waals surface area contributed by atoms with Crippen molar-refractivity contribution in [1.29, 1.82) is 0 Å². The summed E-state index contributed by atoms with van der Waals surface area (Å²) in [5.41, 5.74) is 0.173. The molecule has 0 aromatic heterocycles. The molecule has 5 heteroatoms. The first-order chi connectivity index (χ1) is 10.2. The van der Waals surface area contributed by atoms with Crippen molar-refractivity contribution in [2.75, 3.05) is 32.2 Å². The van der Waals surface area contributed by atoms with E-state index in [-0.39, 0.29) is 5.97 Å². The summed E-state index contributed by atoms with van der Waals surface area (Å²) in [6.45, 7) is 3.45. The van der Waals surface area contributed by atoms with Gasteiger partial charge in [-0.05, 0) is 44.0 Å². The predicted molar refractivity (Wildman–Crippen MR) is 80.7 cm³/mol. The normalized spacial score (nSPS) is 22.2. The number of hydrogen-bond donors (Lipinski definition) is 1. The molecule has 0 radical (unpaired) electrons. The molecular weight excluding hydrogens is 270 g/mol. The summed E-state index contributed by atoms with van der Waals surface area (Å²) in [6.07, 6.45) is 2.15. The van der Waals surface area contributed by atoms with Crippen LogP contribution in [0, 0.1) is 0 Å². The molecule has 1 aliphatic heterocycles. The van der Waals surface area contributed by atoms with Gasteiger partial charge < -0.3 is 19.5 Å². The molecule has 0 spiro atoms. The molecular formula is C16H23NO4. The first kappa shape index (κ1) is 15.6. The minimum atomic E-state index is -0.707. The highest BCUT2D eigenvalue weighted by molar-refractivity contribution is 5.84. The van der Waals surface area contributed by atoms with Gasteiger partial charge in [0.05, 0.1) is 13.7 Å². The third-order valence-corrected chi connectivity index (χ3v) is 3.71. The smallest absolute Gasteiger partial charge is 0.331 e. The summed E-state index contributed by atoms with van der Waals surface area (Å²) >= 11 is 0. The standard InChI is InChI=1S/C16H23NO4/c1-3-21-15(18)16(9-4-11-20-12-10-16)17-13-5-7-14(19-2)8-6-13/h5-8,17H,3-4,9-12H2,1-2H3. The van der Waals surface area contributed by atoms with Crippen molar-refractivity contribution in [3.05, 3.63) is 24.3 Å². The average Bonchev–Trinajstić information content (AvgIpc) is 2.75. The Morgan fingerprint density at radius 1 is 1.29 bits per heavy atom. The van der Waals surface area contributed by atoms with Gasteiger partial charge in [-0.15, -0.1) is 0 Å². The average molecular weight is 293 g/mol. The highest BCUT2D eigenvalue weighted by atomic mass is 16.5. The Labute approximate surface area is 125 Å². The van der Waals surface area contributed by atoms with E-state index in [1.54, 1.807) is 7.11 Å². The van der Waals surface area contributed by atoms with Crippen LogP contribution in [0.15, 0.2) is 24.3 Å². The largest absolute Gasteiger partial charge is 0.497 e. The van der Waals surface area contributed by atoms with Gasteiger partial charge in [0, 0.05) is 25.3 Å². The Morgan fingerprint density at radius 2 is 2.05 bits per heavy atom. The van der Waals surface area contributed by atoms with E-state index in [1.165, 1.54) is 0 Å². The first-order valence-electron chi connectivity index (χ1n) is 7.37. The van der Waals surface area contributed by atoms with Crippen LogP contribution in [-0.2, 0) is 14.3 Å². The van der Waals surface area contributed by atoms with E-state index in [0.29, 0.717) is 32.7 Å². The molecule has 1 unspecified atom stereocenters. The van der Waals surface area contributed by atoms with Crippen molar-refractivity contribution < 1.29 is 19.0 Å². The third kappa shape index (κ3) is 3.88. The molecule has 1 N–H and O–H groups in total. The maximum atomic E-state index is 12.4. The van der Waals surface area contributed by atoms with Crippen molar-refractivity contribution in [2.45, 2.75) is 31.7 Å². The summed E-state index contributed by atoms with van der Waals surface area (Å²) in [5, 5.41) is 3.36. The molecule has 0 saturated carbocycles. The molecule has 0 bridgehead atoms. The van der Waals surface area contributed by atoms with E-state index in [4.69, 9.17) is 14.2 Å². The van der Waals surface area contributed by atoms with Crippen LogP contribution in [0.2, 0.25) is 0 Å². The van der Waals surface area contributed by atoms with Crippen molar-refractivity contribution in [2.24, 2.45) is 0 Å². The third-order valence-electron chi connectivity index (χ3n) is 3.71. The van der Waals surface area contributed by atoms with Crippen LogP contribution in [0.1, 0.15) is 26.2 Å². The molecule has 0 amide bonds. The Bertz CT molecular complexity index is 450. The van der Waals surface area contributed by atoms with Crippen molar-refractivity contribution >= 4 is 11.7 Å². The van der Waals surface area contributed by atoms with Crippen LogP contribution in [0.4, 0.5) is 5.69 Å². The number of esters is 1. The number of ether oxygens (including phenoxy) is 3. The van der Waals surface area contributed by atoms with Crippen molar-refractivity contribution in [3.8, 4) is 5.75 Å². The molecule has 2 rings (SSSR count). The summed E-state index contributed by atoms with van der Waals surface area (Å²) in [6, 6.07) is 7.56. The van der Waals surface area contributed by atoms with Crippen LogP contribution in [-0.4, -0.2) is 38.4 Å². The molecule has 1 heterocycles. The fourth-order valence-electron chi connectivity index (χ4n) is 2.55. The second-order valence-corrected chi connectivity index (χ2v) is 5.12. The highest BCUT2D eigenvalue weighted by Gasteiger charge is 2.40. The van der Waals surface area contributed by atoms with E-state index in [9.17, 15) is 4.79 Å². The second kappa shape index (κ2) is 7.31. The highest BCUT2D eigenvalue weighted by Crippen LogP contribution is 2.29. The summed E-state index contributed by atoms with van der Waals surface area (Å²) in [5.74, 6) is 0.584. The van der Waals surface area contributed by atoms with Gasteiger partial charge in [0.1, 0.15) is 11.3 Å². The maximum Gasteiger partial charge on any atom is 0.331 e. The van der Waals surface area contributed by atoms with Gasteiger partial charge in [0.25, 0.3) is 0 Å². The Balaban J connectivity index is 2.19. The van der Waals surface area contributed by atoms with Crippen LogP contribution in [0.25, 0.3) is 0 Å². The first-order valence-corrected chi connectivity index (χ1v) is 7.37. The summed E-state index contributed by atoms with van der Waals surface area (Å²) < 4.78 is 15.9. The fourth-order valence-corrected chi connectivity index (χ4v) is 2.55. The molecule has 1 aliphatic rings. The second-order valence-electron chi connectivity index (χ2n) is 5.12. The molecule has 21 heavy (non-hydrogen) atoms. The van der Waals surface area contributed by atoms with Crippen LogP contribution in [0.5, 0.6) is 5.75 Å². The molecule has 5 nitrogen and oxygen atoms in total. The predicted octanol–water partition coefficient (Wildman–Crippen LogP) is 2.61. The monoisotopic (exact) mass is 293 g/mol. The number of carbonyl (C=O) groups excluding carboxylic acids is 1. The number of benzene rings is 1. The van der Waals surface area contributed by atoms with Crippen LogP contribution < -0.4 is 10.1 Å². The SMILES string of the molecule is CCOC(=O)C1(Nc2ccc(OC)cc2)CCCOCC1. The zero-order valence-corrected chi connectivity index (χ0v) is 12.7. The van der Waals surface area contributed by atoms with Gasteiger partial charge in [0.2, 0.25) is 0 Å². The maximum absolute atomic E-state index is 12.4. The molecule has 0 aliphatic carbocycles. The minimum Gasteiger partial charge on any atom is -0.497 e. The van der Waals surface area contributed by atoms with E-state index in [2.05, 4.69) is 5.32 Å². The number of nitrogens with one attached hydrogen (secondary N) is 1. The van der Waals surface area contributed by atoms with E-state index in [0.717, 1.165) is 17.9 Å². The van der Waals surface area contributed by atoms with Gasteiger partial charge in [-0.25, -0.2) is 4.79 Å². The lowest BCUT2D eigenvalue weighted by molar-refractivity contribution is -0.149. The van der Waals surface area contributed by atoms with E-state index >= 15 is 0 Å². The van der Waals surface area contributed by atoms with Crippen LogP contribution in [0.3, 0.4) is 0 Å². The number of anilines is 1. The number of carbonyl (C=O) groups is 1. The number of hydrogen-bond acceptors (Lipinski definition) is 5. The van der Waals surface area contributed by atoms with Gasteiger partial charge in [-0.2, -0.15) is 0 Å². The lowest BCUT2D eigenvalue weighted by atomic mass is 9.90. The summed E-state index contributed by atoms with van der Waals surface area (Å²) in [7, 11) is 1.63. The Kier molecular flexibility index (Phi) is 5.44. The molecule has 1 atom stereocenters. The topological polar surface area (TPSA) is 56.8 Å². The minimum absolute atomic E-state index is 0.202. The van der Waals surface area contributed by atoms with E-state index in [1.807, 2.05) is 31.2 Å². The summed E-state index contributed by atoms with van der Waals surface area (Å²) in [4.78, 5) is 12.4. The lowest BCUT2D eigenvalue weighted by Gasteiger charge is -2.32. The van der Waals surface area contributed by atoms with Gasteiger partial charge >= 0.3 is 5.97 Å². The van der Waals surface area contributed by atoms with Crippen molar-refractivity contribution in [3.63, 3.8) is 0 Å². The number of rotatable bonds is 5. The molecule has 1 fully saturated rings. The zero-order chi connectivity index (χ0) is 15.1. The zero-order valence-electron chi connectivity index (χ0n) is 12.7. The van der Waals surface area contributed by atoms with Gasteiger partial charge in [-0.3, -0.25) is 0 Å². The lowest BCUT2D eigenvalue weighted by Crippen LogP contribution is -2.47. The fraction of sp³-hybridized carbons (Fsp3) is 0.562. The number of methoxy groups -OCH3 is 1. The van der Waals surface area contributed by atoms with Gasteiger partial charge in [0.15, 0.2) is 0 Å². The van der Waals surface area contributed by atoms with Gasteiger partial charge in [-0.1, -0.05) is 0 Å². The van der Waals surface area contributed by atoms with Crippen molar-refractivity contribution in [1.82, 2.24) is 0 Å². The molecule has 116 valence electrons. The molecule has 1 saturated heterocycles. The van der Waals surface area contributed by atoms with E-state index < -0.39 is 5.54 Å². The quantitative estimate of drug-likeness (QED) is 0.846. The van der Waals surface area contributed by atoms with Crippen LogP contribution >= 0.6 is 0 Å². The molecule has 1 aromatic rings. The Morgan fingerprint density at radius 3 is 2.71 bits per heavy atom.